The number of nitrogens with zero attached hydrogens (tertiary/aromatic N) is 1. The Hall–Kier alpha value is -4.66. The topological polar surface area (TPSA) is 4.93 Å². The molecule has 0 spiro atoms. The van der Waals surface area contributed by atoms with Gasteiger partial charge in [0.1, 0.15) is 0 Å². The zero-order valence-electron chi connectivity index (χ0n) is 20.6. The van der Waals surface area contributed by atoms with Crippen LogP contribution in [0.1, 0.15) is 0 Å². The van der Waals surface area contributed by atoms with Gasteiger partial charge in [0.05, 0.1) is 11.0 Å². The van der Waals surface area contributed by atoms with Gasteiger partial charge in [0.15, 0.2) is 0 Å². The van der Waals surface area contributed by atoms with E-state index in [1.54, 1.807) is 0 Å². The summed E-state index contributed by atoms with van der Waals surface area (Å²) in [6.07, 6.45) is 0. The fourth-order valence-corrected chi connectivity index (χ4v) is 7.07. The van der Waals surface area contributed by atoms with Gasteiger partial charge in [-0.25, -0.2) is 0 Å². The predicted octanol–water partition coefficient (Wildman–Crippen LogP) is 10.5. The summed E-state index contributed by atoms with van der Waals surface area (Å²) >= 11 is 1.89. The Morgan fingerprint density at radius 1 is 0.421 bits per heavy atom. The first-order valence-electron chi connectivity index (χ1n) is 12.9. The first kappa shape index (κ1) is 21.4. The molecule has 0 bridgehead atoms. The molecule has 2 heterocycles. The molecular weight excluding hydrogens is 478 g/mol. The van der Waals surface area contributed by atoms with E-state index in [1.807, 2.05) is 11.3 Å². The van der Waals surface area contributed by atoms with E-state index >= 15 is 0 Å². The normalized spacial score (nSPS) is 11.7. The van der Waals surface area contributed by atoms with E-state index in [1.165, 1.54) is 69.9 Å². The summed E-state index contributed by atoms with van der Waals surface area (Å²) in [5.74, 6) is 0. The molecule has 0 saturated heterocycles. The summed E-state index contributed by atoms with van der Waals surface area (Å²) in [5, 5.41) is 5.22. The van der Waals surface area contributed by atoms with Gasteiger partial charge >= 0.3 is 0 Å². The van der Waals surface area contributed by atoms with E-state index < -0.39 is 0 Å². The maximum atomic E-state index is 2.41. The highest BCUT2D eigenvalue weighted by molar-refractivity contribution is 7.26. The predicted molar refractivity (Wildman–Crippen MR) is 165 cm³/mol. The molecule has 0 radical (unpaired) electrons. The molecule has 1 nitrogen and oxygen atoms in total. The number of thiophene rings is 1. The van der Waals surface area contributed by atoms with Crippen molar-refractivity contribution in [2.75, 3.05) is 0 Å². The lowest BCUT2D eigenvalue weighted by Gasteiger charge is -2.09. The lowest BCUT2D eigenvalue weighted by Crippen LogP contribution is -1.93. The Kier molecular flexibility index (Phi) is 4.76. The van der Waals surface area contributed by atoms with Crippen LogP contribution in [0.4, 0.5) is 0 Å². The van der Waals surface area contributed by atoms with Crippen LogP contribution in [0.5, 0.6) is 0 Å². The van der Waals surface area contributed by atoms with Crippen LogP contribution in [-0.2, 0) is 0 Å². The van der Waals surface area contributed by atoms with Crippen molar-refractivity contribution in [3.8, 4) is 27.9 Å². The molecule has 0 amide bonds. The van der Waals surface area contributed by atoms with Crippen LogP contribution in [0, 0.1) is 0 Å². The van der Waals surface area contributed by atoms with E-state index in [0.717, 1.165) is 0 Å². The van der Waals surface area contributed by atoms with Gasteiger partial charge in [-0.15, -0.1) is 11.3 Å². The highest BCUT2D eigenvalue weighted by Crippen LogP contribution is 2.42. The van der Waals surface area contributed by atoms with Crippen LogP contribution in [0.2, 0.25) is 0 Å². The highest BCUT2D eigenvalue weighted by Gasteiger charge is 2.16. The van der Waals surface area contributed by atoms with Crippen LogP contribution in [-0.4, -0.2) is 4.57 Å². The number of benzene rings is 6. The summed E-state index contributed by atoms with van der Waals surface area (Å²) < 4.78 is 5.10. The minimum Gasteiger partial charge on any atom is -0.309 e. The van der Waals surface area contributed by atoms with Gasteiger partial charge in [-0.3, -0.25) is 0 Å². The first-order chi connectivity index (χ1) is 18.8. The molecule has 2 heteroatoms. The van der Waals surface area contributed by atoms with Gasteiger partial charge < -0.3 is 4.57 Å². The van der Waals surface area contributed by atoms with E-state index in [-0.39, 0.29) is 0 Å². The number of fused-ring (bicyclic) bond motifs is 6. The molecule has 8 rings (SSSR count). The first-order valence-corrected chi connectivity index (χ1v) is 13.8. The smallest absolute Gasteiger partial charge is 0.0547 e. The van der Waals surface area contributed by atoms with Gasteiger partial charge in [-0.2, -0.15) is 0 Å². The quantitative estimate of drug-likeness (QED) is 0.227. The monoisotopic (exact) mass is 501 g/mol. The molecule has 178 valence electrons. The standard InChI is InChI=1S/C36H23NS/c1-3-10-24(11-4-1)25-19-21-33-32(22-25)29-20-18-26(23-34(29)37(33)27-12-5-2-6-13-27)28-15-9-16-31-30-14-7-8-17-35(30)38-36(28)31/h1-23H. The number of para-hydroxylation sites is 1. The minimum absolute atomic E-state index is 1.18. The van der Waals surface area contributed by atoms with Crippen LogP contribution >= 0.6 is 11.3 Å². The molecule has 0 fully saturated rings. The van der Waals surface area contributed by atoms with Crippen molar-refractivity contribution in [2.45, 2.75) is 0 Å². The zero-order valence-corrected chi connectivity index (χ0v) is 21.5. The van der Waals surface area contributed by atoms with Crippen molar-refractivity contribution in [3.63, 3.8) is 0 Å². The Morgan fingerprint density at radius 2 is 1.16 bits per heavy atom. The maximum Gasteiger partial charge on any atom is 0.0547 e. The largest absolute Gasteiger partial charge is 0.309 e. The number of rotatable bonds is 3. The van der Waals surface area contributed by atoms with Gasteiger partial charge in [-0.05, 0) is 58.7 Å². The second kappa shape index (κ2) is 8.44. The lowest BCUT2D eigenvalue weighted by molar-refractivity contribution is 1.18. The summed E-state index contributed by atoms with van der Waals surface area (Å²) in [6.45, 7) is 0. The third kappa shape index (κ3) is 3.24. The molecule has 0 aliphatic carbocycles. The molecule has 8 aromatic rings. The average molecular weight is 502 g/mol. The Morgan fingerprint density at radius 3 is 2.03 bits per heavy atom. The van der Waals surface area contributed by atoms with E-state index in [4.69, 9.17) is 0 Å². The molecule has 6 aromatic carbocycles. The van der Waals surface area contributed by atoms with Crippen molar-refractivity contribution in [1.82, 2.24) is 4.57 Å². The summed E-state index contributed by atoms with van der Waals surface area (Å²) in [7, 11) is 0. The molecular formula is C36H23NS. The molecule has 0 N–H and O–H groups in total. The molecule has 0 atom stereocenters. The molecule has 0 aliphatic heterocycles. The van der Waals surface area contributed by atoms with Crippen molar-refractivity contribution in [1.29, 1.82) is 0 Å². The maximum absolute atomic E-state index is 2.41. The number of hydrogen-bond donors (Lipinski definition) is 0. The zero-order chi connectivity index (χ0) is 25.1. The lowest BCUT2D eigenvalue weighted by atomic mass is 10.00. The van der Waals surface area contributed by atoms with Crippen LogP contribution < -0.4 is 0 Å². The van der Waals surface area contributed by atoms with Crippen LogP contribution in [0.25, 0.3) is 69.9 Å². The van der Waals surface area contributed by atoms with E-state index in [0.29, 0.717) is 0 Å². The molecule has 38 heavy (non-hydrogen) atoms. The summed E-state index contributed by atoms with van der Waals surface area (Å²) in [5.41, 5.74) is 8.65. The third-order valence-electron chi connectivity index (χ3n) is 7.60. The summed E-state index contributed by atoms with van der Waals surface area (Å²) in [4.78, 5) is 0. The van der Waals surface area contributed by atoms with Crippen LogP contribution in [0.15, 0.2) is 140 Å². The Bertz CT molecular complexity index is 2110. The van der Waals surface area contributed by atoms with Gasteiger partial charge in [0, 0.05) is 36.6 Å². The van der Waals surface area contributed by atoms with Gasteiger partial charge in [0.2, 0.25) is 0 Å². The second-order valence-corrected chi connectivity index (χ2v) is 10.8. The molecule has 2 aromatic heterocycles. The second-order valence-electron chi connectivity index (χ2n) is 9.78. The van der Waals surface area contributed by atoms with Gasteiger partial charge in [0.25, 0.3) is 0 Å². The van der Waals surface area contributed by atoms with E-state index in [2.05, 4.69) is 144 Å². The third-order valence-corrected chi connectivity index (χ3v) is 8.82. The molecule has 0 aliphatic rings. The molecule has 0 unspecified atom stereocenters. The average Bonchev–Trinajstić information content (AvgIpc) is 3.53. The van der Waals surface area contributed by atoms with E-state index in [9.17, 15) is 0 Å². The Labute approximate surface area is 224 Å². The fourth-order valence-electron chi connectivity index (χ4n) is 5.83. The SMILES string of the molecule is c1ccc(-c2ccc3c(c2)c2ccc(-c4cccc5c4sc4ccccc45)cc2n3-c2ccccc2)cc1. The summed E-state index contributed by atoms with van der Waals surface area (Å²) in [6, 6.07) is 50.7. The number of aromatic nitrogens is 1. The van der Waals surface area contributed by atoms with Crippen LogP contribution in [0.3, 0.4) is 0 Å². The van der Waals surface area contributed by atoms with Crippen molar-refractivity contribution < 1.29 is 0 Å². The van der Waals surface area contributed by atoms with Gasteiger partial charge in [-0.1, -0.05) is 103 Å². The number of hydrogen-bond acceptors (Lipinski definition) is 1. The Balaban J connectivity index is 1.42. The fraction of sp³-hybridized carbons (Fsp3) is 0. The van der Waals surface area contributed by atoms with Crippen molar-refractivity contribution in [3.05, 3.63) is 140 Å². The minimum atomic E-state index is 1.18. The highest BCUT2D eigenvalue weighted by atomic mass is 32.1. The van der Waals surface area contributed by atoms with Crippen molar-refractivity contribution in [2.24, 2.45) is 0 Å². The van der Waals surface area contributed by atoms with Crippen molar-refractivity contribution >= 4 is 53.3 Å². The molecule has 0 saturated carbocycles.